The topological polar surface area (TPSA) is 27.7 Å². The van der Waals surface area contributed by atoms with Crippen LogP contribution in [0, 0.1) is 0 Å². The summed E-state index contributed by atoms with van der Waals surface area (Å²) in [5, 5.41) is 0. The molecule has 2 aliphatic heterocycles. The van der Waals surface area contributed by atoms with Crippen molar-refractivity contribution in [3.05, 3.63) is 23.8 Å². The molecule has 4 heteroatoms. The number of fused-ring (bicyclic) bond motifs is 1. The summed E-state index contributed by atoms with van der Waals surface area (Å²) in [7, 11) is 0. The van der Waals surface area contributed by atoms with Crippen LogP contribution in [0.4, 0.5) is 0 Å². The summed E-state index contributed by atoms with van der Waals surface area (Å²) in [4.78, 5) is -0.360. The van der Waals surface area contributed by atoms with Gasteiger partial charge in [0.05, 0.1) is 13.2 Å². The van der Waals surface area contributed by atoms with Gasteiger partial charge in [-0.2, -0.15) is 0 Å². The van der Waals surface area contributed by atoms with Gasteiger partial charge in [0.2, 0.25) is 6.79 Å². The van der Waals surface area contributed by atoms with Gasteiger partial charge >= 0.3 is 0 Å². The fourth-order valence-corrected chi connectivity index (χ4v) is 1.90. The molecule has 0 radical (unpaired) electrons. The first-order chi connectivity index (χ1) is 6.78. The Hall–Kier alpha value is -0.930. The number of rotatable bonds is 1. The summed E-state index contributed by atoms with van der Waals surface area (Å²) in [5.41, 5.74) is 1.04. The van der Waals surface area contributed by atoms with E-state index in [0.717, 1.165) is 17.1 Å². The van der Waals surface area contributed by atoms with Crippen molar-refractivity contribution in [1.29, 1.82) is 0 Å². The Balaban J connectivity index is 2.00. The smallest absolute Gasteiger partial charge is 0.231 e. The maximum absolute atomic E-state index is 6.31. The van der Waals surface area contributed by atoms with Crippen molar-refractivity contribution >= 4 is 11.6 Å². The van der Waals surface area contributed by atoms with E-state index in [1.165, 1.54) is 0 Å². The summed E-state index contributed by atoms with van der Waals surface area (Å²) in [5.74, 6) is 1.56. The fraction of sp³-hybridized carbons (Fsp3) is 0.400. The molecule has 3 rings (SSSR count). The third-order valence-corrected chi connectivity index (χ3v) is 2.99. The molecule has 0 aliphatic carbocycles. The zero-order valence-corrected chi connectivity index (χ0v) is 8.21. The average molecular weight is 213 g/mol. The van der Waals surface area contributed by atoms with E-state index >= 15 is 0 Å². The Morgan fingerprint density at radius 1 is 1.14 bits per heavy atom. The van der Waals surface area contributed by atoms with Crippen molar-refractivity contribution in [3.8, 4) is 11.5 Å². The molecule has 0 bridgehead atoms. The maximum atomic E-state index is 6.31. The van der Waals surface area contributed by atoms with Crippen molar-refractivity contribution in [2.75, 3.05) is 20.0 Å². The highest BCUT2D eigenvalue weighted by molar-refractivity contribution is 6.24. The first kappa shape index (κ1) is 8.38. The predicted molar refractivity (Wildman–Crippen MR) is 50.9 cm³/mol. The molecule has 1 saturated heterocycles. The Bertz CT molecular complexity index is 374. The lowest BCUT2D eigenvalue weighted by atomic mass is 9.96. The molecule has 0 N–H and O–H groups in total. The van der Waals surface area contributed by atoms with Gasteiger partial charge in [-0.3, -0.25) is 0 Å². The van der Waals surface area contributed by atoms with Gasteiger partial charge in [0.15, 0.2) is 11.5 Å². The quantitative estimate of drug-likeness (QED) is 0.666. The molecular formula is C10H9ClO3. The number of halogens is 1. The minimum absolute atomic E-state index is 0.296. The van der Waals surface area contributed by atoms with Crippen LogP contribution in [-0.4, -0.2) is 20.0 Å². The second-order valence-electron chi connectivity index (χ2n) is 3.53. The van der Waals surface area contributed by atoms with Crippen LogP contribution in [0.5, 0.6) is 11.5 Å². The highest BCUT2D eigenvalue weighted by Crippen LogP contribution is 2.41. The fourth-order valence-electron chi connectivity index (χ4n) is 1.62. The number of alkyl halides is 1. The minimum Gasteiger partial charge on any atom is -0.454 e. The van der Waals surface area contributed by atoms with Crippen LogP contribution in [0.15, 0.2) is 18.2 Å². The highest BCUT2D eigenvalue weighted by Gasteiger charge is 2.39. The van der Waals surface area contributed by atoms with Crippen LogP contribution in [0.3, 0.4) is 0 Å². The van der Waals surface area contributed by atoms with Crippen molar-refractivity contribution in [3.63, 3.8) is 0 Å². The predicted octanol–water partition coefficient (Wildman–Crippen LogP) is 1.88. The number of benzene rings is 1. The van der Waals surface area contributed by atoms with Gasteiger partial charge < -0.3 is 14.2 Å². The zero-order chi connectivity index (χ0) is 9.60. The van der Waals surface area contributed by atoms with Crippen molar-refractivity contribution < 1.29 is 14.2 Å². The lowest BCUT2D eigenvalue weighted by Gasteiger charge is -2.35. The first-order valence-electron chi connectivity index (χ1n) is 4.45. The van der Waals surface area contributed by atoms with Gasteiger partial charge in [0.1, 0.15) is 4.87 Å². The molecular weight excluding hydrogens is 204 g/mol. The Morgan fingerprint density at radius 2 is 1.93 bits per heavy atom. The van der Waals surface area contributed by atoms with Crippen molar-refractivity contribution in [1.82, 2.24) is 0 Å². The number of ether oxygens (including phenoxy) is 3. The summed E-state index contributed by atoms with van der Waals surface area (Å²) in [6, 6.07) is 5.78. The third kappa shape index (κ3) is 1.09. The van der Waals surface area contributed by atoms with Crippen LogP contribution >= 0.6 is 11.6 Å². The molecule has 3 nitrogen and oxygen atoms in total. The zero-order valence-electron chi connectivity index (χ0n) is 7.46. The van der Waals surface area contributed by atoms with E-state index in [1.54, 1.807) is 0 Å². The molecule has 2 heterocycles. The number of hydrogen-bond donors (Lipinski definition) is 0. The van der Waals surface area contributed by atoms with Crippen LogP contribution in [0.25, 0.3) is 0 Å². The first-order valence-corrected chi connectivity index (χ1v) is 4.83. The van der Waals surface area contributed by atoms with Gasteiger partial charge in [-0.05, 0) is 17.7 Å². The molecule has 0 spiro atoms. The largest absolute Gasteiger partial charge is 0.454 e. The molecule has 0 aromatic heterocycles. The van der Waals surface area contributed by atoms with E-state index in [-0.39, 0.29) is 4.87 Å². The molecule has 74 valence electrons. The van der Waals surface area contributed by atoms with Crippen molar-refractivity contribution in [2.24, 2.45) is 0 Å². The Labute approximate surface area is 86.5 Å². The number of hydrogen-bond acceptors (Lipinski definition) is 3. The van der Waals surface area contributed by atoms with Crippen LogP contribution < -0.4 is 9.47 Å². The summed E-state index contributed by atoms with van der Waals surface area (Å²) in [6.07, 6.45) is 0. The summed E-state index contributed by atoms with van der Waals surface area (Å²) in [6.45, 7) is 1.42. The minimum atomic E-state index is -0.360. The lowest BCUT2D eigenvalue weighted by Crippen LogP contribution is -2.41. The molecule has 1 aromatic rings. The normalized spacial score (nSPS) is 21.8. The lowest BCUT2D eigenvalue weighted by molar-refractivity contribution is -0.0152. The van der Waals surface area contributed by atoms with Gasteiger partial charge in [0.25, 0.3) is 0 Å². The average Bonchev–Trinajstić information content (AvgIpc) is 2.60. The van der Waals surface area contributed by atoms with E-state index < -0.39 is 0 Å². The SMILES string of the molecule is ClC1(c2ccc3c(c2)OCO3)COC1. The molecule has 2 aliphatic rings. The highest BCUT2D eigenvalue weighted by atomic mass is 35.5. The molecule has 1 aromatic carbocycles. The maximum Gasteiger partial charge on any atom is 0.231 e. The van der Waals surface area contributed by atoms with Crippen LogP contribution in [-0.2, 0) is 9.61 Å². The monoisotopic (exact) mass is 212 g/mol. The van der Waals surface area contributed by atoms with Gasteiger partial charge in [-0.15, -0.1) is 11.6 Å². The second-order valence-corrected chi connectivity index (χ2v) is 4.25. The van der Waals surface area contributed by atoms with E-state index in [1.807, 2.05) is 18.2 Å². The molecule has 14 heavy (non-hydrogen) atoms. The van der Waals surface area contributed by atoms with Crippen LogP contribution in [0.1, 0.15) is 5.56 Å². The summed E-state index contributed by atoms with van der Waals surface area (Å²) >= 11 is 6.31. The van der Waals surface area contributed by atoms with Crippen LogP contribution in [0.2, 0.25) is 0 Å². The third-order valence-electron chi connectivity index (χ3n) is 2.55. The van der Waals surface area contributed by atoms with Crippen molar-refractivity contribution in [2.45, 2.75) is 4.87 Å². The molecule has 1 fully saturated rings. The summed E-state index contributed by atoms with van der Waals surface area (Å²) < 4.78 is 15.6. The van der Waals surface area contributed by atoms with E-state index in [4.69, 9.17) is 25.8 Å². The van der Waals surface area contributed by atoms with Gasteiger partial charge in [0, 0.05) is 0 Å². The van der Waals surface area contributed by atoms with E-state index in [9.17, 15) is 0 Å². The standard InChI is InChI=1S/C10H9ClO3/c11-10(4-12-5-10)7-1-2-8-9(3-7)14-6-13-8/h1-3H,4-6H2. The molecule has 0 atom stereocenters. The Kier molecular flexibility index (Phi) is 1.66. The Morgan fingerprint density at radius 3 is 2.64 bits per heavy atom. The van der Waals surface area contributed by atoms with Gasteiger partial charge in [-0.1, -0.05) is 6.07 Å². The molecule has 0 saturated carbocycles. The van der Waals surface area contributed by atoms with E-state index in [2.05, 4.69) is 0 Å². The van der Waals surface area contributed by atoms with E-state index in [0.29, 0.717) is 20.0 Å². The molecule has 0 unspecified atom stereocenters. The van der Waals surface area contributed by atoms with Gasteiger partial charge in [-0.25, -0.2) is 0 Å². The molecule has 0 amide bonds. The second kappa shape index (κ2) is 2.78.